The van der Waals surface area contributed by atoms with Gasteiger partial charge in [-0.1, -0.05) is 51.5 Å². The molecule has 0 amide bonds. The fourth-order valence-corrected chi connectivity index (χ4v) is 2.40. The van der Waals surface area contributed by atoms with Crippen LogP contribution in [0.1, 0.15) is 64.6 Å². The van der Waals surface area contributed by atoms with E-state index in [1.807, 2.05) is 0 Å². The van der Waals surface area contributed by atoms with Crippen LogP contribution < -0.4 is 5.32 Å². The lowest BCUT2D eigenvalue weighted by Crippen LogP contribution is -2.30. The Hall–Kier alpha value is -0.820. The van der Waals surface area contributed by atoms with Crippen LogP contribution in [0.25, 0.3) is 0 Å². The second kappa shape index (κ2) is 7.58. The van der Waals surface area contributed by atoms with Crippen LogP contribution in [0.5, 0.6) is 0 Å². The van der Waals surface area contributed by atoms with Gasteiger partial charge in [0, 0.05) is 12.1 Å². The van der Waals surface area contributed by atoms with Gasteiger partial charge in [-0.05, 0) is 43.7 Å². The zero-order valence-electron chi connectivity index (χ0n) is 12.7. The predicted octanol–water partition coefficient (Wildman–Crippen LogP) is 4.72. The van der Waals surface area contributed by atoms with Crippen LogP contribution in [0, 0.1) is 5.92 Å². The summed E-state index contributed by atoms with van der Waals surface area (Å²) in [6.07, 6.45) is 3.64. The summed E-state index contributed by atoms with van der Waals surface area (Å²) < 4.78 is 0. The zero-order chi connectivity index (χ0) is 13.5. The molecule has 0 fully saturated rings. The van der Waals surface area contributed by atoms with Crippen LogP contribution >= 0.6 is 0 Å². The molecule has 1 nitrogen and oxygen atoms in total. The lowest BCUT2D eigenvalue weighted by atomic mass is 9.98. The molecule has 0 heterocycles. The smallest absolute Gasteiger partial charge is 0.0294 e. The molecule has 1 N–H and O–H groups in total. The molecule has 0 radical (unpaired) electrons. The first-order valence-corrected chi connectivity index (χ1v) is 7.41. The molecule has 0 bridgehead atoms. The second-order valence-electron chi connectivity index (χ2n) is 5.63. The number of aryl methyl sites for hydroxylation is 1. The molecule has 18 heavy (non-hydrogen) atoms. The van der Waals surface area contributed by atoms with E-state index in [2.05, 4.69) is 64.2 Å². The minimum absolute atomic E-state index is 0.440. The Kier molecular flexibility index (Phi) is 6.42. The Bertz CT molecular complexity index is 328. The fraction of sp³-hybridized carbons (Fsp3) is 0.647. The van der Waals surface area contributed by atoms with Gasteiger partial charge >= 0.3 is 0 Å². The van der Waals surface area contributed by atoms with Crippen molar-refractivity contribution in [2.45, 2.75) is 66.0 Å². The maximum atomic E-state index is 3.70. The van der Waals surface area contributed by atoms with Crippen LogP contribution in [-0.4, -0.2) is 6.04 Å². The van der Waals surface area contributed by atoms with E-state index < -0.39 is 0 Å². The monoisotopic (exact) mass is 247 g/mol. The highest BCUT2D eigenvalue weighted by Crippen LogP contribution is 2.17. The average Bonchev–Trinajstić information content (AvgIpc) is 2.38. The van der Waals surface area contributed by atoms with Crippen LogP contribution in [0.2, 0.25) is 0 Å². The summed E-state index contributed by atoms with van der Waals surface area (Å²) in [5, 5.41) is 3.70. The molecule has 0 aliphatic rings. The van der Waals surface area contributed by atoms with Crippen LogP contribution in [0.4, 0.5) is 0 Å². The van der Waals surface area contributed by atoms with E-state index >= 15 is 0 Å². The first-order chi connectivity index (χ1) is 8.56. The number of hydrogen-bond donors (Lipinski definition) is 1. The average molecular weight is 247 g/mol. The summed E-state index contributed by atoms with van der Waals surface area (Å²) in [4.78, 5) is 0. The Morgan fingerprint density at radius 1 is 1.00 bits per heavy atom. The fourth-order valence-electron chi connectivity index (χ4n) is 2.40. The molecule has 0 spiro atoms. The minimum Gasteiger partial charge on any atom is -0.308 e. The van der Waals surface area contributed by atoms with E-state index in [0.29, 0.717) is 12.1 Å². The standard InChI is InChI=1S/C17H29N/c1-6-13(3)12-14(4)18-15(5)17-10-8-16(7-2)9-11-17/h8-11,13-15,18H,6-7,12H2,1-5H3. The van der Waals surface area contributed by atoms with Crippen molar-refractivity contribution in [2.75, 3.05) is 0 Å². The molecule has 3 unspecified atom stereocenters. The van der Waals surface area contributed by atoms with Gasteiger partial charge in [0.05, 0.1) is 0 Å². The summed E-state index contributed by atoms with van der Waals surface area (Å²) in [6, 6.07) is 10.0. The van der Waals surface area contributed by atoms with Crippen molar-refractivity contribution in [1.82, 2.24) is 5.32 Å². The normalized spacial score (nSPS) is 16.3. The van der Waals surface area contributed by atoms with Crippen molar-refractivity contribution in [2.24, 2.45) is 5.92 Å². The van der Waals surface area contributed by atoms with Gasteiger partial charge in [0.25, 0.3) is 0 Å². The topological polar surface area (TPSA) is 12.0 Å². The lowest BCUT2D eigenvalue weighted by molar-refractivity contribution is 0.385. The van der Waals surface area contributed by atoms with Gasteiger partial charge < -0.3 is 5.32 Å². The molecule has 1 heteroatoms. The molecule has 0 aliphatic carbocycles. The molecule has 3 atom stereocenters. The van der Waals surface area contributed by atoms with Crippen molar-refractivity contribution < 1.29 is 0 Å². The van der Waals surface area contributed by atoms with Crippen molar-refractivity contribution in [3.63, 3.8) is 0 Å². The maximum Gasteiger partial charge on any atom is 0.0294 e. The first-order valence-electron chi connectivity index (χ1n) is 7.41. The summed E-state index contributed by atoms with van der Waals surface area (Å²) >= 11 is 0. The number of hydrogen-bond acceptors (Lipinski definition) is 1. The van der Waals surface area contributed by atoms with Gasteiger partial charge in [-0.25, -0.2) is 0 Å². The Morgan fingerprint density at radius 3 is 2.11 bits per heavy atom. The van der Waals surface area contributed by atoms with Crippen LogP contribution in [0.15, 0.2) is 24.3 Å². The van der Waals surface area contributed by atoms with Gasteiger partial charge in [-0.2, -0.15) is 0 Å². The third-order valence-electron chi connectivity index (χ3n) is 3.88. The third kappa shape index (κ3) is 4.81. The van der Waals surface area contributed by atoms with Gasteiger partial charge in [0.1, 0.15) is 0 Å². The van der Waals surface area contributed by atoms with Gasteiger partial charge in [-0.15, -0.1) is 0 Å². The van der Waals surface area contributed by atoms with Crippen molar-refractivity contribution in [3.05, 3.63) is 35.4 Å². The Labute approximate surface area is 113 Å². The summed E-state index contributed by atoms with van der Waals surface area (Å²) in [7, 11) is 0. The quantitative estimate of drug-likeness (QED) is 0.735. The largest absolute Gasteiger partial charge is 0.308 e. The molecular weight excluding hydrogens is 218 g/mol. The van der Waals surface area contributed by atoms with Crippen LogP contribution in [-0.2, 0) is 6.42 Å². The lowest BCUT2D eigenvalue weighted by Gasteiger charge is -2.22. The summed E-state index contributed by atoms with van der Waals surface area (Å²) in [5.74, 6) is 0.808. The SMILES string of the molecule is CCc1ccc(C(C)NC(C)CC(C)CC)cc1. The number of benzene rings is 1. The summed E-state index contributed by atoms with van der Waals surface area (Å²) in [6.45, 7) is 11.4. The van der Waals surface area contributed by atoms with Crippen molar-refractivity contribution in [3.8, 4) is 0 Å². The Morgan fingerprint density at radius 2 is 1.61 bits per heavy atom. The molecule has 1 aromatic rings. The molecular formula is C17H29N. The van der Waals surface area contributed by atoms with Gasteiger partial charge in [0.15, 0.2) is 0 Å². The highest BCUT2D eigenvalue weighted by atomic mass is 14.9. The van der Waals surface area contributed by atoms with Gasteiger partial charge in [-0.3, -0.25) is 0 Å². The molecule has 0 saturated heterocycles. The minimum atomic E-state index is 0.440. The van der Waals surface area contributed by atoms with E-state index in [1.54, 1.807) is 0 Å². The molecule has 0 saturated carbocycles. The van der Waals surface area contributed by atoms with E-state index in [0.717, 1.165) is 12.3 Å². The first kappa shape index (κ1) is 15.2. The molecule has 0 aromatic heterocycles. The number of rotatable bonds is 7. The second-order valence-corrected chi connectivity index (χ2v) is 5.63. The van der Waals surface area contributed by atoms with E-state index in [9.17, 15) is 0 Å². The molecule has 0 aliphatic heterocycles. The van der Waals surface area contributed by atoms with E-state index in [4.69, 9.17) is 0 Å². The molecule has 1 aromatic carbocycles. The zero-order valence-corrected chi connectivity index (χ0v) is 12.7. The van der Waals surface area contributed by atoms with E-state index in [1.165, 1.54) is 24.0 Å². The maximum absolute atomic E-state index is 3.70. The third-order valence-corrected chi connectivity index (χ3v) is 3.88. The molecule has 1 rings (SSSR count). The predicted molar refractivity (Wildman–Crippen MR) is 80.9 cm³/mol. The Balaban J connectivity index is 2.50. The molecule has 102 valence electrons. The van der Waals surface area contributed by atoms with E-state index in [-0.39, 0.29) is 0 Å². The highest BCUT2D eigenvalue weighted by Gasteiger charge is 2.11. The van der Waals surface area contributed by atoms with Crippen molar-refractivity contribution >= 4 is 0 Å². The van der Waals surface area contributed by atoms with Crippen LogP contribution in [0.3, 0.4) is 0 Å². The van der Waals surface area contributed by atoms with Gasteiger partial charge in [0.2, 0.25) is 0 Å². The summed E-state index contributed by atoms with van der Waals surface area (Å²) in [5.41, 5.74) is 2.81. The number of nitrogens with one attached hydrogen (secondary N) is 1. The van der Waals surface area contributed by atoms with Crippen molar-refractivity contribution in [1.29, 1.82) is 0 Å². The highest BCUT2D eigenvalue weighted by molar-refractivity contribution is 5.24.